The van der Waals surface area contributed by atoms with Crippen LogP contribution in [-0.4, -0.2) is 41.3 Å². The lowest BCUT2D eigenvalue weighted by Gasteiger charge is -2.22. The maximum atomic E-state index is 14.3. The van der Waals surface area contributed by atoms with Crippen LogP contribution in [0, 0.1) is 12.7 Å². The van der Waals surface area contributed by atoms with Gasteiger partial charge in [-0.3, -0.25) is 4.79 Å². The van der Waals surface area contributed by atoms with Crippen LogP contribution < -0.4 is 10.6 Å². The molecule has 3 rings (SSSR count). The number of aryl methyl sites for hydroxylation is 1. The Morgan fingerprint density at radius 3 is 3.09 bits per heavy atom. The minimum atomic E-state index is -0.485. The van der Waals surface area contributed by atoms with E-state index in [0.717, 1.165) is 6.54 Å². The van der Waals surface area contributed by atoms with Crippen LogP contribution in [0.4, 0.5) is 4.39 Å². The molecule has 1 atom stereocenters. The van der Waals surface area contributed by atoms with Crippen molar-refractivity contribution in [2.24, 2.45) is 0 Å². The standard InChI is InChI=1S/C16H19FN4O2/c1-11-19-4-6-21(11)14-3-2-12(8-13(14)17)9-20-16(22)15-10-18-5-7-23-15/h2-4,6,8,15,18H,5,7,9-10H2,1H3,(H,20,22). The number of aromatic nitrogens is 2. The van der Waals surface area contributed by atoms with Crippen LogP contribution >= 0.6 is 0 Å². The number of ether oxygens (including phenoxy) is 1. The van der Waals surface area contributed by atoms with Crippen molar-refractivity contribution in [3.8, 4) is 5.69 Å². The minimum absolute atomic E-state index is 0.188. The van der Waals surface area contributed by atoms with Crippen molar-refractivity contribution in [1.29, 1.82) is 0 Å². The van der Waals surface area contributed by atoms with Gasteiger partial charge in [0.1, 0.15) is 17.7 Å². The van der Waals surface area contributed by atoms with Crippen molar-refractivity contribution >= 4 is 5.91 Å². The molecule has 1 aliphatic heterocycles. The molecule has 2 heterocycles. The summed E-state index contributed by atoms with van der Waals surface area (Å²) >= 11 is 0. The summed E-state index contributed by atoms with van der Waals surface area (Å²) in [5.74, 6) is 0.174. The van der Waals surface area contributed by atoms with E-state index in [0.29, 0.717) is 30.2 Å². The first-order valence-electron chi connectivity index (χ1n) is 7.54. The highest BCUT2D eigenvalue weighted by Crippen LogP contribution is 2.16. The zero-order chi connectivity index (χ0) is 16.2. The number of carbonyl (C=O) groups excluding carboxylic acids is 1. The second kappa shape index (κ2) is 6.89. The number of halogens is 1. The smallest absolute Gasteiger partial charge is 0.250 e. The molecular formula is C16H19FN4O2. The third kappa shape index (κ3) is 3.57. The summed E-state index contributed by atoms with van der Waals surface area (Å²) in [7, 11) is 0. The van der Waals surface area contributed by atoms with Crippen LogP contribution in [-0.2, 0) is 16.1 Å². The molecule has 7 heteroatoms. The highest BCUT2D eigenvalue weighted by molar-refractivity contribution is 5.81. The fourth-order valence-corrected chi connectivity index (χ4v) is 2.53. The van der Waals surface area contributed by atoms with Gasteiger partial charge in [-0.05, 0) is 24.6 Å². The average molecular weight is 318 g/mol. The van der Waals surface area contributed by atoms with Gasteiger partial charge in [0.05, 0.1) is 12.3 Å². The van der Waals surface area contributed by atoms with Gasteiger partial charge >= 0.3 is 0 Å². The average Bonchev–Trinajstić information content (AvgIpc) is 2.99. The van der Waals surface area contributed by atoms with E-state index < -0.39 is 6.10 Å². The normalized spacial score (nSPS) is 17.9. The molecule has 0 saturated carbocycles. The van der Waals surface area contributed by atoms with E-state index >= 15 is 0 Å². The predicted molar refractivity (Wildman–Crippen MR) is 82.7 cm³/mol. The van der Waals surface area contributed by atoms with Gasteiger partial charge in [0.15, 0.2) is 0 Å². The second-order valence-corrected chi connectivity index (χ2v) is 5.41. The maximum Gasteiger partial charge on any atom is 0.250 e. The lowest BCUT2D eigenvalue weighted by molar-refractivity contribution is -0.134. The molecule has 1 fully saturated rings. The highest BCUT2D eigenvalue weighted by atomic mass is 19.1. The number of imidazole rings is 1. The molecule has 1 aromatic heterocycles. The number of rotatable bonds is 4. The Hall–Kier alpha value is -2.25. The Morgan fingerprint density at radius 2 is 2.43 bits per heavy atom. The van der Waals surface area contributed by atoms with Crippen LogP contribution in [0.2, 0.25) is 0 Å². The zero-order valence-electron chi connectivity index (χ0n) is 12.9. The summed E-state index contributed by atoms with van der Waals surface area (Å²) in [5, 5.41) is 5.87. The van der Waals surface area contributed by atoms with E-state index in [9.17, 15) is 9.18 Å². The van der Waals surface area contributed by atoms with Gasteiger partial charge in [-0.1, -0.05) is 6.07 Å². The van der Waals surface area contributed by atoms with Crippen molar-refractivity contribution in [2.75, 3.05) is 19.7 Å². The molecule has 0 bridgehead atoms. The second-order valence-electron chi connectivity index (χ2n) is 5.41. The van der Waals surface area contributed by atoms with Crippen molar-refractivity contribution in [3.63, 3.8) is 0 Å². The number of carbonyl (C=O) groups is 1. The van der Waals surface area contributed by atoms with E-state index in [-0.39, 0.29) is 18.3 Å². The molecule has 1 aliphatic rings. The SMILES string of the molecule is Cc1nccn1-c1ccc(CNC(=O)C2CNCCO2)cc1F. The molecule has 0 spiro atoms. The minimum Gasteiger partial charge on any atom is -0.366 e. The van der Waals surface area contributed by atoms with Crippen molar-refractivity contribution in [3.05, 3.63) is 47.8 Å². The molecule has 1 saturated heterocycles. The summed E-state index contributed by atoms with van der Waals surface area (Å²) < 4.78 is 21.3. The number of benzene rings is 1. The summed E-state index contributed by atoms with van der Waals surface area (Å²) in [6, 6.07) is 4.90. The third-order valence-electron chi connectivity index (χ3n) is 3.78. The summed E-state index contributed by atoms with van der Waals surface area (Å²) in [5.41, 5.74) is 1.14. The quantitative estimate of drug-likeness (QED) is 0.880. The van der Waals surface area contributed by atoms with Gasteiger partial charge < -0.3 is 19.9 Å². The van der Waals surface area contributed by atoms with Gasteiger partial charge in [0.2, 0.25) is 0 Å². The summed E-state index contributed by atoms with van der Waals surface area (Å²) in [6.07, 6.45) is 2.85. The molecule has 23 heavy (non-hydrogen) atoms. The topological polar surface area (TPSA) is 68.2 Å². The number of hydrogen-bond donors (Lipinski definition) is 2. The molecule has 0 aliphatic carbocycles. The molecule has 2 aromatic rings. The first kappa shape index (κ1) is 15.6. The molecule has 122 valence electrons. The van der Waals surface area contributed by atoms with Gasteiger partial charge in [0, 0.05) is 32.0 Å². The summed E-state index contributed by atoms with van der Waals surface area (Å²) in [4.78, 5) is 16.1. The van der Waals surface area contributed by atoms with E-state index in [1.54, 1.807) is 29.1 Å². The summed E-state index contributed by atoms with van der Waals surface area (Å²) in [6.45, 7) is 3.85. The lowest BCUT2D eigenvalue weighted by atomic mass is 10.2. The first-order valence-corrected chi connectivity index (χ1v) is 7.54. The number of nitrogens with one attached hydrogen (secondary N) is 2. The van der Waals surface area contributed by atoms with Crippen LogP contribution in [0.3, 0.4) is 0 Å². The Kier molecular flexibility index (Phi) is 4.68. The Balaban J connectivity index is 1.64. The molecule has 1 unspecified atom stereocenters. The van der Waals surface area contributed by atoms with Crippen LogP contribution in [0.1, 0.15) is 11.4 Å². The van der Waals surface area contributed by atoms with Crippen LogP contribution in [0.25, 0.3) is 5.69 Å². The fourth-order valence-electron chi connectivity index (χ4n) is 2.53. The van der Waals surface area contributed by atoms with Crippen LogP contribution in [0.15, 0.2) is 30.6 Å². The van der Waals surface area contributed by atoms with Crippen LogP contribution in [0.5, 0.6) is 0 Å². The van der Waals surface area contributed by atoms with E-state index in [1.165, 1.54) is 6.07 Å². The highest BCUT2D eigenvalue weighted by Gasteiger charge is 2.21. The van der Waals surface area contributed by atoms with Gasteiger partial charge in [-0.2, -0.15) is 0 Å². The Morgan fingerprint density at radius 1 is 1.57 bits per heavy atom. The van der Waals surface area contributed by atoms with E-state index in [4.69, 9.17) is 4.74 Å². The van der Waals surface area contributed by atoms with Crippen molar-refractivity contribution in [2.45, 2.75) is 19.6 Å². The number of amides is 1. The van der Waals surface area contributed by atoms with Gasteiger partial charge in [-0.25, -0.2) is 9.37 Å². The fraction of sp³-hybridized carbons (Fsp3) is 0.375. The first-order chi connectivity index (χ1) is 11.1. The van der Waals surface area contributed by atoms with Crippen molar-refractivity contribution < 1.29 is 13.9 Å². The largest absolute Gasteiger partial charge is 0.366 e. The molecular weight excluding hydrogens is 299 g/mol. The molecule has 0 radical (unpaired) electrons. The van der Waals surface area contributed by atoms with Crippen molar-refractivity contribution in [1.82, 2.24) is 20.2 Å². The molecule has 6 nitrogen and oxygen atoms in total. The van der Waals surface area contributed by atoms with E-state index in [1.807, 2.05) is 6.92 Å². The maximum absolute atomic E-state index is 14.3. The molecule has 1 aromatic carbocycles. The Bertz CT molecular complexity index is 695. The third-order valence-corrected chi connectivity index (χ3v) is 3.78. The number of morpholine rings is 1. The monoisotopic (exact) mass is 318 g/mol. The number of hydrogen-bond acceptors (Lipinski definition) is 4. The van der Waals surface area contributed by atoms with E-state index in [2.05, 4.69) is 15.6 Å². The zero-order valence-corrected chi connectivity index (χ0v) is 12.9. The van der Waals surface area contributed by atoms with Gasteiger partial charge in [0.25, 0.3) is 5.91 Å². The van der Waals surface area contributed by atoms with Gasteiger partial charge in [-0.15, -0.1) is 0 Å². The number of nitrogens with zero attached hydrogens (tertiary/aromatic N) is 2. The lowest BCUT2D eigenvalue weighted by Crippen LogP contribution is -2.47. The predicted octanol–water partition coefficient (Wildman–Crippen LogP) is 0.924. The molecule has 1 amide bonds. The Labute approximate surface area is 133 Å². The molecule has 2 N–H and O–H groups in total.